The van der Waals surface area contributed by atoms with Crippen LogP contribution in [0.5, 0.6) is 0 Å². The maximum Gasteiger partial charge on any atom is 0.227 e. The molecule has 1 aliphatic heterocycles. The molecule has 0 unspecified atom stereocenters. The van der Waals surface area contributed by atoms with Crippen LogP contribution in [-0.4, -0.2) is 47.0 Å². The molecule has 0 aliphatic carbocycles. The first-order chi connectivity index (χ1) is 18.4. The number of benzene rings is 3. The Hall–Kier alpha value is -4.23. The third kappa shape index (κ3) is 6.18. The molecule has 7 heteroatoms. The Morgan fingerprint density at radius 1 is 0.842 bits per heavy atom. The van der Waals surface area contributed by atoms with Gasteiger partial charge in [0.1, 0.15) is 0 Å². The van der Waals surface area contributed by atoms with Crippen LogP contribution in [0.4, 0.5) is 23.0 Å². The van der Waals surface area contributed by atoms with E-state index in [1.165, 1.54) is 29.3 Å². The largest absolute Gasteiger partial charge is 0.369 e. The monoisotopic (exact) mass is 506 g/mol. The lowest BCUT2D eigenvalue weighted by molar-refractivity contribution is -0.114. The zero-order chi connectivity index (χ0) is 26.5. The molecule has 5 rings (SSSR count). The predicted octanol–water partition coefficient (Wildman–Crippen LogP) is 5.78. The van der Waals surface area contributed by atoms with Gasteiger partial charge >= 0.3 is 0 Å². The van der Waals surface area contributed by atoms with Crippen LogP contribution >= 0.6 is 0 Å². The first-order valence-electron chi connectivity index (χ1n) is 13.1. The van der Waals surface area contributed by atoms with E-state index >= 15 is 0 Å². The Morgan fingerprint density at radius 3 is 2.16 bits per heavy atom. The summed E-state index contributed by atoms with van der Waals surface area (Å²) >= 11 is 0. The summed E-state index contributed by atoms with van der Waals surface area (Å²) in [6.07, 6.45) is 1.75. The van der Waals surface area contributed by atoms with E-state index in [0.717, 1.165) is 55.4 Å². The number of nitrogens with one attached hydrogen (secondary N) is 2. The minimum absolute atomic E-state index is 0.0900. The second kappa shape index (κ2) is 11.4. The van der Waals surface area contributed by atoms with Gasteiger partial charge in [0.2, 0.25) is 11.9 Å². The standard InChI is InChI=1S/C31H34N6O/c1-22-5-4-6-23(2)29(22)21-36-17-19-37(20-18-36)28-13-11-27(12-14-28)34-31-32-16-15-30(35-31)25-7-9-26(10-8-25)33-24(3)38/h4-16H,17-21H2,1-3H3,(H,33,38)(H,32,34,35). The van der Waals surface area contributed by atoms with Gasteiger partial charge in [0, 0.05) is 68.5 Å². The van der Waals surface area contributed by atoms with E-state index in [2.05, 4.69) is 86.7 Å². The van der Waals surface area contributed by atoms with Crippen LogP contribution in [0.25, 0.3) is 11.3 Å². The van der Waals surface area contributed by atoms with Crippen molar-refractivity contribution in [2.75, 3.05) is 41.7 Å². The quantitative estimate of drug-likeness (QED) is 0.331. The molecule has 1 aromatic heterocycles. The molecule has 2 N–H and O–H groups in total. The fourth-order valence-corrected chi connectivity index (χ4v) is 4.88. The third-order valence-corrected chi connectivity index (χ3v) is 7.04. The smallest absolute Gasteiger partial charge is 0.227 e. The predicted molar refractivity (Wildman–Crippen MR) is 155 cm³/mol. The molecule has 1 aliphatic rings. The van der Waals surface area contributed by atoms with Crippen molar-refractivity contribution in [3.63, 3.8) is 0 Å². The van der Waals surface area contributed by atoms with Crippen molar-refractivity contribution in [3.05, 3.63) is 95.7 Å². The Morgan fingerprint density at radius 2 is 1.50 bits per heavy atom. The molecule has 0 atom stereocenters. The highest BCUT2D eigenvalue weighted by Crippen LogP contribution is 2.24. The van der Waals surface area contributed by atoms with Crippen molar-refractivity contribution in [1.29, 1.82) is 0 Å². The van der Waals surface area contributed by atoms with E-state index in [1.54, 1.807) is 6.20 Å². The van der Waals surface area contributed by atoms with E-state index in [4.69, 9.17) is 0 Å². The van der Waals surface area contributed by atoms with Crippen molar-refractivity contribution in [2.24, 2.45) is 0 Å². The van der Waals surface area contributed by atoms with Crippen molar-refractivity contribution in [3.8, 4) is 11.3 Å². The van der Waals surface area contributed by atoms with Gasteiger partial charge in [0.15, 0.2) is 0 Å². The number of rotatable bonds is 7. The summed E-state index contributed by atoms with van der Waals surface area (Å²) in [5.41, 5.74) is 8.93. The lowest BCUT2D eigenvalue weighted by Gasteiger charge is -2.36. The van der Waals surface area contributed by atoms with Gasteiger partial charge < -0.3 is 15.5 Å². The van der Waals surface area contributed by atoms with E-state index in [9.17, 15) is 4.79 Å². The Bertz CT molecular complexity index is 1370. The average molecular weight is 507 g/mol. The van der Waals surface area contributed by atoms with Gasteiger partial charge in [0.05, 0.1) is 5.69 Å². The van der Waals surface area contributed by atoms with Crippen LogP contribution in [0, 0.1) is 13.8 Å². The van der Waals surface area contributed by atoms with Gasteiger partial charge in [-0.15, -0.1) is 0 Å². The van der Waals surface area contributed by atoms with E-state index in [0.29, 0.717) is 5.95 Å². The molecule has 0 bridgehead atoms. The Kier molecular flexibility index (Phi) is 7.65. The van der Waals surface area contributed by atoms with Gasteiger partial charge in [-0.1, -0.05) is 30.3 Å². The maximum absolute atomic E-state index is 11.2. The zero-order valence-corrected chi connectivity index (χ0v) is 22.2. The number of hydrogen-bond donors (Lipinski definition) is 2. The van der Waals surface area contributed by atoms with Crippen molar-refractivity contribution < 1.29 is 4.79 Å². The number of aromatic nitrogens is 2. The molecular formula is C31H34N6O. The van der Waals surface area contributed by atoms with Crippen LogP contribution < -0.4 is 15.5 Å². The van der Waals surface area contributed by atoms with Crippen molar-refractivity contribution in [1.82, 2.24) is 14.9 Å². The summed E-state index contributed by atoms with van der Waals surface area (Å²) in [7, 11) is 0. The lowest BCUT2D eigenvalue weighted by atomic mass is 10.0. The Labute approximate surface area is 224 Å². The Balaban J connectivity index is 1.17. The summed E-state index contributed by atoms with van der Waals surface area (Å²) in [4.78, 5) is 25.3. The number of nitrogens with zero attached hydrogens (tertiary/aromatic N) is 4. The SMILES string of the molecule is CC(=O)Nc1ccc(-c2ccnc(Nc3ccc(N4CCN(Cc5c(C)cccc5C)CC4)cc3)n2)cc1. The van der Waals surface area contributed by atoms with Gasteiger partial charge in [-0.05, 0) is 73.0 Å². The minimum atomic E-state index is -0.0900. The maximum atomic E-state index is 11.2. The molecule has 0 radical (unpaired) electrons. The highest BCUT2D eigenvalue weighted by molar-refractivity contribution is 5.88. The summed E-state index contributed by atoms with van der Waals surface area (Å²) in [6.45, 7) is 11.1. The minimum Gasteiger partial charge on any atom is -0.369 e. The number of amides is 1. The molecule has 3 aromatic carbocycles. The van der Waals surface area contributed by atoms with Gasteiger partial charge in [-0.25, -0.2) is 9.97 Å². The molecule has 0 spiro atoms. The molecule has 1 saturated heterocycles. The first-order valence-corrected chi connectivity index (χ1v) is 13.1. The molecule has 194 valence electrons. The van der Waals surface area contributed by atoms with Crippen LogP contribution in [0.3, 0.4) is 0 Å². The number of piperazine rings is 1. The molecule has 4 aromatic rings. The highest BCUT2D eigenvalue weighted by Gasteiger charge is 2.18. The molecule has 7 nitrogen and oxygen atoms in total. The second-order valence-electron chi connectivity index (χ2n) is 9.83. The number of anilines is 4. The molecule has 1 fully saturated rings. The van der Waals surface area contributed by atoms with Gasteiger partial charge in [-0.2, -0.15) is 0 Å². The third-order valence-electron chi connectivity index (χ3n) is 7.04. The average Bonchev–Trinajstić information content (AvgIpc) is 2.92. The summed E-state index contributed by atoms with van der Waals surface area (Å²) in [5, 5.41) is 6.10. The topological polar surface area (TPSA) is 73.4 Å². The number of carbonyl (C=O) groups excluding carboxylic acids is 1. The first kappa shape index (κ1) is 25.4. The molecule has 0 saturated carbocycles. The summed E-state index contributed by atoms with van der Waals surface area (Å²) < 4.78 is 0. The molecular weight excluding hydrogens is 472 g/mol. The highest BCUT2D eigenvalue weighted by atomic mass is 16.1. The molecule has 2 heterocycles. The van der Waals surface area contributed by atoms with E-state index in [1.807, 2.05) is 30.3 Å². The van der Waals surface area contributed by atoms with Crippen LogP contribution in [-0.2, 0) is 11.3 Å². The zero-order valence-electron chi connectivity index (χ0n) is 22.2. The van der Waals surface area contributed by atoms with Crippen molar-refractivity contribution >= 4 is 28.9 Å². The number of hydrogen-bond acceptors (Lipinski definition) is 6. The molecule has 1 amide bonds. The lowest BCUT2D eigenvalue weighted by Crippen LogP contribution is -2.46. The second-order valence-corrected chi connectivity index (χ2v) is 9.83. The summed E-state index contributed by atoms with van der Waals surface area (Å²) in [6, 6.07) is 24.5. The van der Waals surface area contributed by atoms with E-state index in [-0.39, 0.29) is 5.91 Å². The number of carbonyl (C=O) groups is 1. The van der Waals surface area contributed by atoms with Crippen LogP contribution in [0.1, 0.15) is 23.6 Å². The number of aryl methyl sites for hydroxylation is 2. The van der Waals surface area contributed by atoms with Crippen molar-refractivity contribution in [2.45, 2.75) is 27.3 Å². The van der Waals surface area contributed by atoms with Crippen LogP contribution in [0.15, 0.2) is 79.0 Å². The normalized spacial score (nSPS) is 13.8. The summed E-state index contributed by atoms with van der Waals surface area (Å²) in [5.74, 6) is 0.453. The van der Waals surface area contributed by atoms with Gasteiger partial charge in [0.25, 0.3) is 0 Å². The van der Waals surface area contributed by atoms with Gasteiger partial charge in [-0.3, -0.25) is 9.69 Å². The fraction of sp³-hybridized carbons (Fsp3) is 0.258. The molecule has 38 heavy (non-hydrogen) atoms. The fourth-order valence-electron chi connectivity index (χ4n) is 4.88. The van der Waals surface area contributed by atoms with Crippen LogP contribution in [0.2, 0.25) is 0 Å². The van der Waals surface area contributed by atoms with E-state index < -0.39 is 0 Å².